The van der Waals surface area contributed by atoms with Gasteiger partial charge >= 0.3 is 0 Å². The standard InChI is InChI=1S/C9H19N3O/c1-8-7-12(6-4-11-8)5-3-9(13)10-2/h8,11H,3-7H2,1-2H3,(H,10,13)/t8-/m1/s1. The van der Waals surface area contributed by atoms with Crippen molar-refractivity contribution in [2.45, 2.75) is 19.4 Å². The Bertz CT molecular complexity index is 172. The molecule has 1 atom stereocenters. The minimum absolute atomic E-state index is 0.131. The summed E-state index contributed by atoms with van der Waals surface area (Å²) >= 11 is 0. The zero-order valence-corrected chi connectivity index (χ0v) is 8.47. The third kappa shape index (κ3) is 3.74. The zero-order chi connectivity index (χ0) is 9.68. The van der Waals surface area contributed by atoms with Gasteiger partial charge in [0.1, 0.15) is 0 Å². The van der Waals surface area contributed by atoms with Crippen molar-refractivity contribution in [2.75, 3.05) is 33.2 Å². The smallest absolute Gasteiger partial charge is 0.221 e. The second-order valence-electron chi connectivity index (χ2n) is 3.58. The van der Waals surface area contributed by atoms with Gasteiger partial charge in [-0.3, -0.25) is 4.79 Å². The average Bonchev–Trinajstić information content (AvgIpc) is 2.14. The summed E-state index contributed by atoms with van der Waals surface area (Å²) in [7, 11) is 1.68. The van der Waals surface area contributed by atoms with Crippen LogP contribution in [-0.4, -0.2) is 50.1 Å². The lowest BCUT2D eigenvalue weighted by Gasteiger charge is -2.31. The predicted octanol–water partition coefficient (Wildman–Crippen LogP) is -0.584. The fourth-order valence-corrected chi connectivity index (χ4v) is 1.60. The maximum absolute atomic E-state index is 11.0. The van der Waals surface area contributed by atoms with Gasteiger partial charge in [0, 0.05) is 45.7 Å². The van der Waals surface area contributed by atoms with Gasteiger partial charge in [-0.05, 0) is 6.92 Å². The lowest BCUT2D eigenvalue weighted by Crippen LogP contribution is -2.49. The first-order valence-corrected chi connectivity index (χ1v) is 4.88. The summed E-state index contributed by atoms with van der Waals surface area (Å²) in [6.07, 6.45) is 0.614. The number of hydrogen-bond donors (Lipinski definition) is 2. The Morgan fingerprint density at radius 3 is 3.08 bits per heavy atom. The molecular formula is C9H19N3O. The molecule has 1 aliphatic heterocycles. The number of piperazine rings is 1. The van der Waals surface area contributed by atoms with Gasteiger partial charge in [-0.15, -0.1) is 0 Å². The van der Waals surface area contributed by atoms with Crippen molar-refractivity contribution in [3.63, 3.8) is 0 Å². The molecule has 1 heterocycles. The van der Waals surface area contributed by atoms with Crippen LogP contribution < -0.4 is 10.6 Å². The normalized spacial score (nSPS) is 24.3. The van der Waals surface area contributed by atoms with E-state index in [2.05, 4.69) is 22.5 Å². The highest BCUT2D eigenvalue weighted by atomic mass is 16.1. The van der Waals surface area contributed by atoms with Crippen LogP contribution in [0, 0.1) is 0 Å². The van der Waals surface area contributed by atoms with Gasteiger partial charge in [-0.25, -0.2) is 0 Å². The van der Waals surface area contributed by atoms with Gasteiger partial charge < -0.3 is 15.5 Å². The molecule has 0 aromatic carbocycles. The number of amides is 1. The monoisotopic (exact) mass is 185 g/mol. The molecule has 1 aliphatic rings. The first-order chi connectivity index (χ1) is 6.22. The Morgan fingerprint density at radius 1 is 1.69 bits per heavy atom. The van der Waals surface area contributed by atoms with Crippen molar-refractivity contribution in [2.24, 2.45) is 0 Å². The highest BCUT2D eigenvalue weighted by molar-refractivity contribution is 5.75. The maximum atomic E-state index is 11.0. The summed E-state index contributed by atoms with van der Waals surface area (Å²) in [4.78, 5) is 13.3. The van der Waals surface area contributed by atoms with Crippen molar-refractivity contribution in [3.8, 4) is 0 Å². The first-order valence-electron chi connectivity index (χ1n) is 4.88. The lowest BCUT2D eigenvalue weighted by atomic mass is 10.2. The van der Waals surface area contributed by atoms with Crippen LogP contribution in [0.15, 0.2) is 0 Å². The molecule has 1 amide bonds. The molecule has 1 fully saturated rings. The SMILES string of the molecule is CNC(=O)CCN1CCN[C@H](C)C1. The number of hydrogen-bond acceptors (Lipinski definition) is 3. The Labute approximate surface area is 79.7 Å². The Morgan fingerprint density at radius 2 is 2.46 bits per heavy atom. The molecule has 0 bridgehead atoms. The van der Waals surface area contributed by atoms with E-state index < -0.39 is 0 Å². The number of nitrogens with zero attached hydrogens (tertiary/aromatic N) is 1. The van der Waals surface area contributed by atoms with Gasteiger partial charge in [0.2, 0.25) is 5.91 Å². The Balaban J connectivity index is 2.17. The molecule has 0 saturated carbocycles. The van der Waals surface area contributed by atoms with E-state index in [1.54, 1.807) is 7.05 Å². The third-order valence-electron chi connectivity index (χ3n) is 2.39. The van der Waals surface area contributed by atoms with E-state index in [-0.39, 0.29) is 5.91 Å². The van der Waals surface area contributed by atoms with Crippen LogP contribution in [0.3, 0.4) is 0 Å². The molecule has 1 saturated heterocycles. The summed E-state index contributed by atoms with van der Waals surface area (Å²) < 4.78 is 0. The molecule has 0 unspecified atom stereocenters. The molecule has 2 N–H and O–H groups in total. The highest BCUT2D eigenvalue weighted by Crippen LogP contribution is 1.99. The topological polar surface area (TPSA) is 44.4 Å². The molecule has 4 heteroatoms. The molecule has 76 valence electrons. The molecule has 13 heavy (non-hydrogen) atoms. The molecule has 0 aromatic heterocycles. The van der Waals surface area contributed by atoms with Crippen LogP contribution >= 0.6 is 0 Å². The number of rotatable bonds is 3. The van der Waals surface area contributed by atoms with Crippen molar-refractivity contribution >= 4 is 5.91 Å². The second kappa shape index (κ2) is 5.19. The van der Waals surface area contributed by atoms with E-state index in [4.69, 9.17) is 0 Å². The van der Waals surface area contributed by atoms with E-state index in [9.17, 15) is 4.79 Å². The Hall–Kier alpha value is -0.610. The highest BCUT2D eigenvalue weighted by Gasteiger charge is 2.15. The van der Waals surface area contributed by atoms with Crippen LogP contribution in [-0.2, 0) is 4.79 Å². The van der Waals surface area contributed by atoms with Crippen molar-refractivity contribution in [3.05, 3.63) is 0 Å². The summed E-state index contributed by atoms with van der Waals surface area (Å²) in [6, 6.07) is 0.554. The van der Waals surface area contributed by atoms with Gasteiger partial charge in [-0.1, -0.05) is 0 Å². The van der Waals surface area contributed by atoms with Crippen molar-refractivity contribution < 1.29 is 4.79 Å². The van der Waals surface area contributed by atoms with Crippen LogP contribution in [0.4, 0.5) is 0 Å². The number of carbonyl (C=O) groups is 1. The van der Waals surface area contributed by atoms with E-state index >= 15 is 0 Å². The predicted molar refractivity (Wildman–Crippen MR) is 52.6 cm³/mol. The van der Waals surface area contributed by atoms with Crippen molar-refractivity contribution in [1.29, 1.82) is 0 Å². The fraction of sp³-hybridized carbons (Fsp3) is 0.889. The summed E-state index contributed by atoms with van der Waals surface area (Å²) in [5.41, 5.74) is 0. The molecule has 0 aromatic rings. The molecular weight excluding hydrogens is 166 g/mol. The third-order valence-corrected chi connectivity index (χ3v) is 2.39. The van der Waals surface area contributed by atoms with Gasteiger partial charge in [0.15, 0.2) is 0 Å². The van der Waals surface area contributed by atoms with Gasteiger partial charge in [0.05, 0.1) is 0 Å². The van der Waals surface area contributed by atoms with Crippen LogP contribution in [0.1, 0.15) is 13.3 Å². The van der Waals surface area contributed by atoms with E-state index in [1.165, 1.54) is 0 Å². The first kappa shape index (κ1) is 10.5. The minimum Gasteiger partial charge on any atom is -0.359 e. The molecule has 0 radical (unpaired) electrons. The van der Waals surface area contributed by atoms with Gasteiger partial charge in [0.25, 0.3) is 0 Å². The number of nitrogens with one attached hydrogen (secondary N) is 2. The maximum Gasteiger partial charge on any atom is 0.221 e. The number of carbonyl (C=O) groups excluding carboxylic acids is 1. The fourth-order valence-electron chi connectivity index (χ4n) is 1.60. The molecule has 0 spiro atoms. The zero-order valence-electron chi connectivity index (χ0n) is 8.47. The molecule has 1 rings (SSSR count). The largest absolute Gasteiger partial charge is 0.359 e. The molecule has 4 nitrogen and oxygen atoms in total. The summed E-state index contributed by atoms with van der Waals surface area (Å²) in [6.45, 7) is 6.20. The van der Waals surface area contributed by atoms with Crippen LogP contribution in [0.2, 0.25) is 0 Å². The van der Waals surface area contributed by atoms with Crippen LogP contribution in [0.5, 0.6) is 0 Å². The average molecular weight is 185 g/mol. The lowest BCUT2D eigenvalue weighted by molar-refractivity contribution is -0.121. The minimum atomic E-state index is 0.131. The second-order valence-corrected chi connectivity index (χ2v) is 3.58. The van der Waals surface area contributed by atoms with Crippen LogP contribution in [0.25, 0.3) is 0 Å². The van der Waals surface area contributed by atoms with Crippen molar-refractivity contribution in [1.82, 2.24) is 15.5 Å². The Kier molecular flexibility index (Phi) is 4.18. The van der Waals surface area contributed by atoms with E-state index in [0.29, 0.717) is 12.5 Å². The summed E-state index contributed by atoms with van der Waals surface area (Å²) in [5, 5.41) is 6.01. The van der Waals surface area contributed by atoms with E-state index in [0.717, 1.165) is 26.2 Å². The van der Waals surface area contributed by atoms with Gasteiger partial charge in [-0.2, -0.15) is 0 Å². The molecule has 0 aliphatic carbocycles. The summed E-state index contributed by atoms with van der Waals surface area (Å²) in [5.74, 6) is 0.131. The van der Waals surface area contributed by atoms with E-state index in [1.807, 2.05) is 0 Å². The quantitative estimate of drug-likeness (QED) is 0.618.